The van der Waals surface area contributed by atoms with Gasteiger partial charge in [0, 0.05) is 19.8 Å². The fraction of sp³-hybridized carbons (Fsp3) is 0. The molecule has 0 aliphatic heterocycles. The lowest BCUT2D eigenvalue weighted by molar-refractivity contribution is 0.102. The molecule has 2 aromatic rings. The molecule has 0 radical (unpaired) electrons. The Bertz CT molecular complexity index is 649. The number of benzene rings is 2. The van der Waals surface area contributed by atoms with Crippen molar-refractivity contribution in [2.45, 2.75) is 0 Å². The number of nitrogens with one attached hydrogen (secondary N) is 1. The van der Waals surface area contributed by atoms with Gasteiger partial charge in [-0.05, 0) is 68.9 Å². The summed E-state index contributed by atoms with van der Waals surface area (Å²) in [6.45, 7) is 0. The summed E-state index contributed by atoms with van der Waals surface area (Å²) in [4.78, 5) is 12.1. The Morgan fingerprint density at radius 3 is 2.68 bits per heavy atom. The Kier molecular flexibility index (Phi) is 4.41. The third-order valence-corrected chi connectivity index (χ3v) is 3.74. The molecule has 0 saturated heterocycles. The zero-order valence-electron chi connectivity index (χ0n) is 9.45. The van der Waals surface area contributed by atoms with Crippen molar-refractivity contribution in [3.05, 3.63) is 55.8 Å². The minimum Gasteiger partial charge on any atom is -0.505 e. The van der Waals surface area contributed by atoms with Crippen LogP contribution in [0.25, 0.3) is 0 Å². The van der Waals surface area contributed by atoms with Gasteiger partial charge in [0.25, 0.3) is 5.91 Å². The topological polar surface area (TPSA) is 49.3 Å². The van der Waals surface area contributed by atoms with Gasteiger partial charge in [-0.1, -0.05) is 0 Å². The summed E-state index contributed by atoms with van der Waals surface area (Å²) in [5, 5.41) is 11.7. The zero-order chi connectivity index (χ0) is 14.0. The molecule has 1 amide bonds. The quantitative estimate of drug-likeness (QED) is 0.550. The first-order chi connectivity index (χ1) is 8.97. The van der Waals surface area contributed by atoms with Gasteiger partial charge in [0.1, 0.15) is 0 Å². The fourth-order valence-electron chi connectivity index (χ4n) is 1.45. The summed E-state index contributed by atoms with van der Waals surface area (Å²) in [7, 11) is 0. The van der Waals surface area contributed by atoms with Crippen LogP contribution in [0.3, 0.4) is 0 Å². The third kappa shape index (κ3) is 3.44. The van der Waals surface area contributed by atoms with E-state index < -0.39 is 11.6 Å². The Hall–Kier alpha value is -1.15. The lowest BCUT2D eigenvalue weighted by atomic mass is 10.2. The molecule has 3 nitrogen and oxygen atoms in total. The average molecular weight is 436 g/mol. The fourth-order valence-corrected chi connectivity index (χ4v) is 2.37. The molecule has 6 heteroatoms. The summed E-state index contributed by atoms with van der Waals surface area (Å²) in [6.07, 6.45) is 0. The molecular weight excluding hydrogens is 428 g/mol. The zero-order valence-corrected chi connectivity index (χ0v) is 13.2. The maximum absolute atomic E-state index is 13.2. The number of amides is 1. The second-order valence-corrected chi connectivity index (χ2v) is 5.84. The SMILES string of the molecule is O=C(Nc1ccc(O)c(F)c1)c1cc(I)ccc1Br. The van der Waals surface area contributed by atoms with E-state index in [1.54, 1.807) is 12.1 Å². The summed E-state index contributed by atoms with van der Waals surface area (Å²) in [5.41, 5.74) is 0.742. The molecule has 0 aromatic heterocycles. The van der Waals surface area contributed by atoms with Gasteiger partial charge in [-0.2, -0.15) is 0 Å². The number of phenols is 1. The number of anilines is 1. The van der Waals surface area contributed by atoms with Gasteiger partial charge < -0.3 is 10.4 Å². The highest BCUT2D eigenvalue weighted by molar-refractivity contribution is 14.1. The van der Waals surface area contributed by atoms with E-state index in [2.05, 4.69) is 43.8 Å². The van der Waals surface area contributed by atoms with E-state index in [0.717, 1.165) is 9.64 Å². The molecule has 0 bridgehead atoms. The molecule has 0 atom stereocenters. The highest BCUT2D eigenvalue weighted by Gasteiger charge is 2.11. The van der Waals surface area contributed by atoms with Gasteiger partial charge >= 0.3 is 0 Å². The lowest BCUT2D eigenvalue weighted by Gasteiger charge is -2.08. The van der Waals surface area contributed by atoms with Crippen molar-refractivity contribution in [3.63, 3.8) is 0 Å². The minimum atomic E-state index is -0.778. The van der Waals surface area contributed by atoms with Gasteiger partial charge in [-0.3, -0.25) is 4.79 Å². The first-order valence-corrected chi connectivity index (χ1v) is 7.09. The first-order valence-electron chi connectivity index (χ1n) is 5.22. The van der Waals surface area contributed by atoms with Crippen molar-refractivity contribution >= 4 is 50.1 Å². The van der Waals surface area contributed by atoms with Gasteiger partial charge in [-0.25, -0.2) is 4.39 Å². The molecule has 2 rings (SSSR count). The molecule has 19 heavy (non-hydrogen) atoms. The van der Waals surface area contributed by atoms with E-state index in [1.807, 2.05) is 6.07 Å². The number of carbonyl (C=O) groups excluding carboxylic acids is 1. The second-order valence-electron chi connectivity index (χ2n) is 3.74. The predicted molar refractivity (Wildman–Crippen MR) is 82.9 cm³/mol. The van der Waals surface area contributed by atoms with Crippen molar-refractivity contribution in [1.29, 1.82) is 0 Å². The predicted octanol–water partition coefficient (Wildman–Crippen LogP) is 4.15. The van der Waals surface area contributed by atoms with Crippen molar-refractivity contribution in [1.82, 2.24) is 0 Å². The molecule has 0 aliphatic rings. The average Bonchev–Trinajstić information content (AvgIpc) is 2.36. The Balaban J connectivity index is 2.25. The van der Waals surface area contributed by atoms with Gasteiger partial charge in [0.05, 0.1) is 5.56 Å². The molecule has 2 N–H and O–H groups in total. The number of rotatable bonds is 2. The van der Waals surface area contributed by atoms with Crippen LogP contribution in [0.1, 0.15) is 10.4 Å². The smallest absolute Gasteiger partial charge is 0.256 e. The van der Waals surface area contributed by atoms with Crippen LogP contribution in [0.4, 0.5) is 10.1 Å². The molecular formula is C13H8BrFINO2. The molecule has 0 spiro atoms. The Morgan fingerprint density at radius 2 is 2.00 bits per heavy atom. The van der Waals surface area contributed by atoms with E-state index in [4.69, 9.17) is 5.11 Å². The summed E-state index contributed by atoms with van der Waals surface area (Å²) in [6, 6.07) is 9.04. The number of hydrogen-bond donors (Lipinski definition) is 2. The van der Waals surface area contributed by atoms with Gasteiger partial charge in [0.2, 0.25) is 0 Å². The summed E-state index contributed by atoms with van der Waals surface area (Å²) in [5.74, 6) is -1.58. The molecule has 98 valence electrons. The maximum Gasteiger partial charge on any atom is 0.256 e. The number of phenolic OH excluding ortho intramolecular Hbond substituents is 1. The van der Waals surface area contributed by atoms with Crippen molar-refractivity contribution in [2.24, 2.45) is 0 Å². The Labute approximate surface area is 131 Å². The summed E-state index contributed by atoms with van der Waals surface area (Å²) >= 11 is 5.39. The summed E-state index contributed by atoms with van der Waals surface area (Å²) < 4.78 is 14.7. The van der Waals surface area contributed by atoms with Crippen LogP contribution in [-0.4, -0.2) is 11.0 Å². The third-order valence-electron chi connectivity index (χ3n) is 2.38. The van der Waals surface area contributed by atoms with Crippen LogP contribution in [0, 0.1) is 9.39 Å². The van der Waals surface area contributed by atoms with Crippen LogP contribution in [0.15, 0.2) is 40.9 Å². The first kappa shape index (κ1) is 14.3. The normalized spacial score (nSPS) is 10.3. The largest absolute Gasteiger partial charge is 0.505 e. The van der Waals surface area contributed by atoms with Crippen molar-refractivity contribution in [2.75, 3.05) is 5.32 Å². The number of hydrogen-bond acceptors (Lipinski definition) is 2. The second kappa shape index (κ2) is 5.87. The number of aromatic hydroxyl groups is 1. The van der Waals surface area contributed by atoms with Crippen LogP contribution in [0.2, 0.25) is 0 Å². The highest BCUT2D eigenvalue weighted by atomic mass is 127. The van der Waals surface area contributed by atoms with Gasteiger partial charge in [-0.15, -0.1) is 0 Å². The molecule has 0 heterocycles. The van der Waals surface area contributed by atoms with Crippen LogP contribution < -0.4 is 5.32 Å². The highest BCUT2D eigenvalue weighted by Crippen LogP contribution is 2.23. The van der Waals surface area contributed by atoms with Crippen molar-refractivity contribution in [3.8, 4) is 5.75 Å². The van der Waals surface area contributed by atoms with Crippen LogP contribution in [-0.2, 0) is 0 Å². The van der Waals surface area contributed by atoms with E-state index >= 15 is 0 Å². The maximum atomic E-state index is 13.2. The monoisotopic (exact) mass is 435 g/mol. The Morgan fingerprint density at radius 1 is 1.26 bits per heavy atom. The molecule has 0 aliphatic carbocycles. The number of carbonyl (C=O) groups is 1. The van der Waals surface area contributed by atoms with Gasteiger partial charge in [0.15, 0.2) is 11.6 Å². The van der Waals surface area contributed by atoms with E-state index in [0.29, 0.717) is 10.0 Å². The van der Waals surface area contributed by atoms with Crippen LogP contribution >= 0.6 is 38.5 Å². The number of halogens is 3. The standard InChI is InChI=1S/C13H8BrFINO2/c14-10-3-1-7(16)5-9(10)13(19)17-8-2-4-12(18)11(15)6-8/h1-6,18H,(H,17,19). The van der Waals surface area contributed by atoms with Crippen LogP contribution in [0.5, 0.6) is 5.75 Å². The molecule has 0 saturated carbocycles. The molecule has 0 unspecified atom stereocenters. The lowest BCUT2D eigenvalue weighted by Crippen LogP contribution is -2.12. The van der Waals surface area contributed by atoms with E-state index in [1.165, 1.54) is 12.1 Å². The van der Waals surface area contributed by atoms with E-state index in [9.17, 15) is 9.18 Å². The van der Waals surface area contributed by atoms with Crippen molar-refractivity contribution < 1.29 is 14.3 Å². The van der Waals surface area contributed by atoms with E-state index in [-0.39, 0.29) is 11.6 Å². The molecule has 0 fully saturated rings. The minimum absolute atomic E-state index is 0.283. The molecule has 2 aromatic carbocycles.